The van der Waals surface area contributed by atoms with Gasteiger partial charge in [-0.05, 0) is 30.7 Å². The monoisotopic (exact) mass is 281 g/mol. The molecule has 1 rings (SSSR count). The first-order valence-electron chi connectivity index (χ1n) is 5.87. The Hall–Kier alpha value is -2.37. The van der Waals surface area contributed by atoms with E-state index in [-0.39, 0.29) is 5.91 Å². The average Bonchev–Trinajstić information content (AvgIpc) is 2.30. The number of methoxy groups -OCH3 is 1. The van der Waals surface area contributed by atoms with Gasteiger partial charge in [-0.15, -0.1) is 0 Å². The lowest BCUT2D eigenvalue weighted by molar-refractivity contribution is -0.156. The summed E-state index contributed by atoms with van der Waals surface area (Å²) < 4.78 is 9.01. The van der Waals surface area contributed by atoms with Crippen LogP contribution in [0.1, 0.15) is 26.3 Å². The third kappa shape index (κ3) is 7.86. The lowest BCUT2D eigenvalue weighted by atomic mass is 10.2. The van der Waals surface area contributed by atoms with Gasteiger partial charge in [-0.3, -0.25) is 14.4 Å². The molecule has 1 aromatic carbocycles. The molecule has 0 aromatic heterocycles. The second-order valence-electron chi connectivity index (χ2n) is 3.95. The second-order valence-corrected chi connectivity index (χ2v) is 3.95. The van der Waals surface area contributed by atoms with E-state index in [0.717, 1.165) is 17.0 Å². The van der Waals surface area contributed by atoms with E-state index >= 15 is 0 Å². The molecule has 0 aliphatic heterocycles. The number of carbonyl (C=O) groups is 3. The van der Waals surface area contributed by atoms with Gasteiger partial charge >= 0.3 is 11.9 Å². The Kier molecular flexibility index (Phi) is 7.65. The van der Waals surface area contributed by atoms with Crippen molar-refractivity contribution >= 4 is 23.5 Å². The minimum Gasteiger partial charge on any atom is -0.497 e. The lowest BCUT2D eigenvalue weighted by Crippen LogP contribution is -2.06. The summed E-state index contributed by atoms with van der Waals surface area (Å²) in [6.07, 6.45) is 0. The predicted molar refractivity (Wildman–Crippen MR) is 74.5 cm³/mol. The van der Waals surface area contributed by atoms with Gasteiger partial charge in [0.1, 0.15) is 5.75 Å². The molecule has 0 atom stereocenters. The number of carbonyl (C=O) groups excluding carboxylic acids is 3. The molecular formula is C14H19NO5. The van der Waals surface area contributed by atoms with Crippen LogP contribution < -0.4 is 10.1 Å². The molecule has 0 aliphatic carbocycles. The van der Waals surface area contributed by atoms with Crippen LogP contribution in [0.2, 0.25) is 0 Å². The fraction of sp³-hybridized carbons (Fsp3) is 0.357. The van der Waals surface area contributed by atoms with Crippen molar-refractivity contribution in [1.82, 2.24) is 0 Å². The maximum atomic E-state index is 10.8. The number of anilines is 1. The van der Waals surface area contributed by atoms with Crippen molar-refractivity contribution in [2.24, 2.45) is 0 Å². The van der Waals surface area contributed by atoms with Crippen LogP contribution in [-0.2, 0) is 19.1 Å². The third-order valence-corrected chi connectivity index (χ3v) is 2.03. The van der Waals surface area contributed by atoms with E-state index < -0.39 is 11.9 Å². The molecule has 0 fully saturated rings. The number of ether oxygens (including phenoxy) is 2. The number of benzene rings is 1. The number of aryl methyl sites for hydroxylation is 1. The maximum Gasteiger partial charge on any atom is 0.310 e. The van der Waals surface area contributed by atoms with E-state index in [1.165, 1.54) is 20.8 Å². The second kappa shape index (κ2) is 8.68. The summed E-state index contributed by atoms with van der Waals surface area (Å²) in [7, 11) is 1.62. The van der Waals surface area contributed by atoms with E-state index in [4.69, 9.17) is 4.74 Å². The Morgan fingerprint density at radius 3 is 1.90 bits per heavy atom. The zero-order chi connectivity index (χ0) is 15.7. The highest BCUT2D eigenvalue weighted by molar-refractivity contribution is 5.89. The Bertz CT molecular complexity index is 484. The largest absolute Gasteiger partial charge is 0.497 e. The summed E-state index contributed by atoms with van der Waals surface area (Å²) in [5, 5.41) is 2.73. The number of esters is 2. The number of hydrogen-bond acceptors (Lipinski definition) is 5. The molecule has 6 heteroatoms. The third-order valence-electron chi connectivity index (χ3n) is 2.03. The molecule has 20 heavy (non-hydrogen) atoms. The molecular weight excluding hydrogens is 262 g/mol. The normalized spacial score (nSPS) is 8.85. The molecule has 110 valence electrons. The van der Waals surface area contributed by atoms with E-state index in [2.05, 4.69) is 10.1 Å². The van der Waals surface area contributed by atoms with Gasteiger partial charge in [-0.1, -0.05) is 0 Å². The zero-order valence-corrected chi connectivity index (χ0v) is 12.3. The molecule has 0 bridgehead atoms. The van der Waals surface area contributed by atoms with E-state index in [1.807, 2.05) is 25.1 Å². The molecule has 6 nitrogen and oxygen atoms in total. The van der Waals surface area contributed by atoms with Gasteiger partial charge in [0.25, 0.3) is 0 Å². The molecule has 0 unspecified atom stereocenters. The first-order valence-corrected chi connectivity index (χ1v) is 5.87. The lowest BCUT2D eigenvalue weighted by Gasteiger charge is -2.07. The van der Waals surface area contributed by atoms with Crippen molar-refractivity contribution in [3.8, 4) is 5.75 Å². The van der Waals surface area contributed by atoms with Crippen LogP contribution in [-0.4, -0.2) is 25.0 Å². The SMILES string of the molecule is CC(=O)OC(C)=O.COc1ccc(NC(C)=O)c(C)c1. The van der Waals surface area contributed by atoms with E-state index in [0.29, 0.717) is 0 Å². The van der Waals surface area contributed by atoms with Crippen LogP contribution >= 0.6 is 0 Å². The van der Waals surface area contributed by atoms with E-state index in [1.54, 1.807) is 7.11 Å². The van der Waals surface area contributed by atoms with Gasteiger partial charge in [0.05, 0.1) is 7.11 Å². The summed E-state index contributed by atoms with van der Waals surface area (Å²) in [4.78, 5) is 30.4. The standard InChI is InChI=1S/C10H13NO2.C4H6O3/c1-7-6-9(13-3)4-5-10(7)11-8(2)12;1-3(5)7-4(2)6/h4-6H,1-3H3,(H,11,12);1-2H3. The Morgan fingerprint density at radius 2 is 1.60 bits per heavy atom. The first-order chi connectivity index (χ1) is 9.26. The van der Waals surface area contributed by atoms with Crippen LogP contribution in [0.5, 0.6) is 5.75 Å². The van der Waals surface area contributed by atoms with Crippen molar-refractivity contribution < 1.29 is 23.9 Å². The van der Waals surface area contributed by atoms with Crippen LogP contribution in [0.3, 0.4) is 0 Å². The number of hydrogen-bond donors (Lipinski definition) is 1. The molecule has 0 radical (unpaired) electrons. The van der Waals surface area contributed by atoms with Crippen LogP contribution in [0.15, 0.2) is 18.2 Å². The number of nitrogens with one attached hydrogen (secondary N) is 1. The summed E-state index contributed by atoms with van der Waals surface area (Å²) in [6.45, 7) is 5.78. The molecule has 0 aliphatic rings. The van der Waals surface area contributed by atoms with E-state index in [9.17, 15) is 14.4 Å². The highest BCUT2D eigenvalue weighted by Crippen LogP contribution is 2.20. The molecule has 1 amide bonds. The minimum atomic E-state index is -0.562. The zero-order valence-electron chi connectivity index (χ0n) is 12.3. The van der Waals surface area contributed by atoms with Crippen molar-refractivity contribution in [1.29, 1.82) is 0 Å². The Morgan fingerprint density at radius 1 is 1.05 bits per heavy atom. The summed E-state index contributed by atoms with van der Waals surface area (Å²) >= 11 is 0. The summed E-state index contributed by atoms with van der Waals surface area (Å²) in [6, 6.07) is 5.53. The molecule has 0 spiro atoms. The van der Waals surface area contributed by atoms with Crippen LogP contribution in [0, 0.1) is 6.92 Å². The van der Waals surface area contributed by atoms with Crippen molar-refractivity contribution in [3.63, 3.8) is 0 Å². The van der Waals surface area contributed by atoms with Crippen molar-refractivity contribution in [3.05, 3.63) is 23.8 Å². The fourth-order valence-electron chi connectivity index (χ4n) is 1.30. The van der Waals surface area contributed by atoms with Gasteiger partial charge in [0.15, 0.2) is 0 Å². The molecule has 0 saturated heterocycles. The summed E-state index contributed by atoms with van der Waals surface area (Å²) in [5.74, 6) is -0.389. The van der Waals surface area contributed by atoms with Gasteiger partial charge in [0.2, 0.25) is 5.91 Å². The molecule has 1 aromatic rings. The predicted octanol–water partition coefficient (Wildman–Crippen LogP) is 2.06. The average molecular weight is 281 g/mol. The smallest absolute Gasteiger partial charge is 0.310 e. The Balaban J connectivity index is 0.000000441. The number of rotatable bonds is 2. The van der Waals surface area contributed by atoms with Gasteiger partial charge < -0.3 is 14.8 Å². The van der Waals surface area contributed by atoms with Crippen molar-refractivity contribution in [2.45, 2.75) is 27.7 Å². The van der Waals surface area contributed by atoms with Crippen molar-refractivity contribution in [2.75, 3.05) is 12.4 Å². The fourth-order valence-corrected chi connectivity index (χ4v) is 1.30. The van der Waals surface area contributed by atoms with Crippen LogP contribution in [0.25, 0.3) is 0 Å². The van der Waals surface area contributed by atoms with Gasteiger partial charge in [-0.25, -0.2) is 0 Å². The molecule has 0 saturated carbocycles. The minimum absolute atomic E-state index is 0.0618. The van der Waals surface area contributed by atoms with Gasteiger partial charge in [-0.2, -0.15) is 0 Å². The highest BCUT2D eigenvalue weighted by Gasteiger charge is 2.00. The van der Waals surface area contributed by atoms with Gasteiger partial charge in [0, 0.05) is 26.5 Å². The molecule has 1 N–H and O–H groups in total. The van der Waals surface area contributed by atoms with Crippen LogP contribution in [0.4, 0.5) is 5.69 Å². The number of amides is 1. The molecule has 0 heterocycles. The summed E-state index contributed by atoms with van der Waals surface area (Å²) in [5.41, 5.74) is 1.82. The maximum absolute atomic E-state index is 10.8. The quantitative estimate of drug-likeness (QED) is 0.662. The highest BCUT2D eigenvalue weighted by atomic mass is 16.6. The topological polar surface area (TPSA) is 81.7 Å². The Labute approximate surface area is 118 Å². The first kappa shape index (κ1) is 17.6.